The standard InChI is InChI=1S/C23H16N4O4/c28-23-25(20-13-19(27(29)30)11-12-21(20)31-23)14-17-15-26(18-9-5-2-6-10-18)24-22(17)16-7-3-1-4-8-16/h1-13,15H,14H2. The fourth-order valence-corrected chi connectivity index (χ4v) is 3.56. The molecule has 0 unspecified atom stereocenters. The van der Waals surface area contributed by atoms with Gasteiger partial charge < -0.3 is 4.42 Å². The molecule has 0 spiro atoms. The molecular formula is C23H16N4O4. The molecule has 0 saturated heterocycles. The van der Waals surface area contributed by atoms with Gasteiger partial charge in [-0.3, -0.25) is 14.7 Å². The topological polar surface area (TPSA) is 96.1 Å². The molecule has 5 aromatic rings. The lowest BCUT2D eigenvalue weighted by Gasteiger charge is -2.03. The lowest BCUT2D eigenvalue weighted by Crippen LogP contribution is -2.15. The van der Waals surface area contributed by atoms with Gasteiger partial charge in [-0.15, -0.1) is 0 Å². The SMILES string of the molecule is O=c1oc2ccc([N+](=O)[O-])cc2n1Cc1cn(-c2ccccc2)nc1-c1ccccc1. The van der Waals surface area contributed by atoms with Crippen molar-refractivity contribution in [1.29, 1.82) is 0 Å². The first-order valence-electron chi connectivity index (χ1n) is 9.57. The summed E-state index contributed by atoms with van der Waals surface area (Å²) < 4.78 is 8.45. The summed E-state index contributed by atoms with van der Waals surface area (Å²) in [5.74, 6) is -0.582. The van der Waals surface area contributed by atoms with Crippen LogP contribution in [0.3, 0.4) is 0 Å². The molecule has 0 aliphatic rings. The van der Waals surface area contributed by atoms with Crippen molar-refractivity contribution in [2.24, 2.45) is 0 Å². The van der Waals surface area contributed by atoms with Crippen LogP contribution in [0.1, 0.15) is 5.56 Å². The van der Waals surface area contributed by atoms with Gasteiger partial charge in [-0.1, -0.05) is 48.5 Å². The second kappa shape index (κ2) is 7.42. The van der Waals surface area contributed by atoms with Crippen molar-refractivity contribution in [3.63, 3.8) is 0 Å². The summed E-state index contributed by atoms with van der Waals surface area (Å²) in [4.78, 5) is 23.2. The first kappa shape index (κ1) is 18.6. The van der Waals surface area contributed by atoms with Gasteiger partial charge in [0.15, 0.2) is 5.58 Å². The van der Waals surface area contributed by atoms with E-state index in [1.807, 2.05) is 66.9 Å². The fraction of sp³-hybridized carbons (Fsp3) is 0.0435. The minimum atomic E-state index is -0.582. The molecule has 0 amide bonds. The van der Waals surface area contributed by atoms with Crippen molar-refractivity contribution in [3.05, 3.63) is 111 Å². The van der Waals surface area contributed by atoms with E-state index in [2.05, 4.69) is 0 Å². The number of oxazole rings is 1. The van der Waals surface area contributed by atoms with Gasteiger partial charge in [0.2, 0.25) is 0 Å². The van der Waals surface area contributed by atoms with E-state index >= 15 is 0 Å². The summed E-state index contributed by atoms with van der Waals surface area (Å²) in [5.41, 5.74) is 3.84. The van der Waals surface area contributed by atoms with Gasteiger partial charge in [-0.05, 0) is 18.2 Å². The lowest BCUT2D eigenvalue weighted by atomic mass is 10.1. The summed E-state index contributed by atoms with van der Waals surface area (Å²) in [5, 5.41) is 15.9. The van der Waals surface area contributed by atoms with E-state index in [-0.39, 0.29) is 12.2 Å². The Labute approximate surface area is 175 Å². The van der Waals surface area contributed by atoms with Gasteiger partial charge in [0.25, 0.3) is 5.69 Å². The maximum atomic E-state index is 12.5. The van der Waals surface area contributed by atoms with Crippen molar-refractivity contribution in [2.75, 3.05) is 0 Å². The number of rotatable bonds is 5. The second-order valence-corrected chi connectivity index (χ2v) is 7.01. The molecule has 152 valence electrons. The maximum Gasteiger partial charge on any atom is 0.420 e. The van der Waals surface area contributed by atoms with E-state index in [1.165, 1.54) is 22.8 Å². The first-order valence-corrected chi connectivity index (χ1v) is 9.57. The number of fused-ring (bicyclic) bond motifs is 1. The zero-order valence-corrected chi connectivity index (χ0v) is 16.2. The predicted octanol–water partition coefficient (Wildman–Crippen LogP) is 4.40. The predicted molar refractivity (Wildman–Crippen MR) is 115 cm³/mol. The van der Waals surface area contributed by atoms with Gasteiger partial charge in [0.1, 0.15) is 0 Å². The summed E-state index contributed by atoms with van der Waals surface area (Å²) in [6.45, 7) is 0.157. The number of para-hydroxylation sites is 1. The molecule has 0 bridgehead atoms. The highest BCUT2D eigenvalue weighted by molar-refractivity contribution is 5.76. The van der Waals surface area contributed by atoms with Gasteiger partial charge in [0.05, 0.1) is 28.4 Å². The molecule has 31 heavy (non-hydrogen) atoms. The quantitative estimate of drug-likeness (QED) is 0.315. The first-order chi connectivity index (χ1) is 15.1. The van der Waals surface area contributed by atoms with Crippen molar-refractivity contribution >= 4 is 16.8 Å². The molecule has 0 N–H and O–H groups in total. The van der Waals surface area contributed by atoms with Gasteiger partial charge in [0, 0.05) is 29.5 Å². The van der Waals surface area contributed by atoms with Crippen molar-refractivity contribution < 1.29 is 9.34 Å². The number of non-ortho nitro benzene ring substituents is 1. The van der Waals surface area contributed by atoms with Crippen LogP contribution in [0, 0.1) is 10.1 Å². The molecule has 8 heteroatoms. The fourth-order valence-electron chi connectivity index (χ4n) is 3.56. The molecule has 0 aliphatic carbocycles. The van der Waals surface area contributed by atoms with E-state index in [4.69, 9.17) is 9.52 Å². The Kier molecular flexibility index (Phi) is 4.44. The minimum Gasteiger partial charge on any atom is -0.408 e. The molecule has 3 aromatic carbocycles. The minimum absolute atomic E-state index is 0.106. The molecular weight excluding hydrogens is 396 g/mol. The van der Waals surface area contributed by atoms with Crippen molar-refractivity contribution in [2.45, 2.75) is 6.54 Å². The third kappa shape index (κ3) is 3.40. The van der Waals surface area contributed by atoms with Gasteiger partial charge in [-0.25, -0.2) is 9.48 Å². The summed E-state index contributed by atoms with van der Waals surface area (Å²) in [6, 6.07) is 23.4. The number of nitrogens with zero attached hydrogens (tertiary/aromatic N) is 4. The van der Waals surface area contributed by atoms with Gasteiger partial charge in [-0.2, -0.15) is 5.10 Å². The van der Waals surface area contributed by atoms with Crippen LogP contribution in [0.5, 0.6) is 0 Å². The van der Waals surface area contributed by atoms with E-state index in [0.29, 0.717) is 11.1 Å². The van der Waals surface area contributed by atoms with E-state index in [1.54, 1.807) is 4.68 Å². The number of hydrogen-bond donors (Lipinski definition) is 0. The molecule has 0 atom stereocenters. The Bertz CT molecular complexity index is 1450. The van der Waals surface area contributed by atoms with Crippen LogP contribution in [0.25, 0.3) is 28.0 Å². The highest BCUT2D eigenvalue weighted by Gasteiger charge is 2.18. The highest BCUT2D eigenvalue weighted by Crippen LogP contribution is 2.26. The molecule has 2 heterocycles. The Morgan fingerprint density at radius 2 is 1.68 bits per heavy atom. The Morgan fingerprint density at radius 1 is 0.968 bits per heavy atom. The molecule has 0 aliphatic heterocycles. The largest absolute Gasteiger partial charge is 0.420 e. The molecule has 0 saturated carbocycles. The van der Waals surface area contributed by atoms with Crippen LogP contribution in [0.4, 0.5) is 5.69 Å². The Hall–Kier alpha value is -4.46. The smallest absolute Gasteiger partial charge is 0.408 e. The maximum absolute atomic E-state index is 12.5. The molecule has 8 nitrogen and oxygen atoms in total. The average molecular weight is 412 g/mol. The monoisotopic (exact) mass is 412 g/mol. The third-order valence-electron chi connectivity index (χ3n) is 5.05. The van der Waals surface area contributed by atoms with E-state index < -0.39 is 10.7 Å². The summed E-state index contributed by atoms with van der Waals surface area (Å²) in [7, 11) is 0. The molecule has 5 rings (SSSR count). The number of aromatic nitrogens is 3. The average Bonchev–Trinajstić information content (AvgIpc) is 3.36. The Morgan fingerprint density at radius 3 is 2.39 bits per heavy atom. The zero-order valence-electron chi connectivity index (χ0n) is 16.2. The van der Waals surface area contributed by atoms with E-state index in [9.17, 15) is 14.9 Å². The van der Waals surface area contributed by atoms with Crippen molar-refractivity contribution in [3.8, 4) is 16.9 Å². The number of hydrogen-bond acceptors (Lipinski definition) is 5. The normalized spacial score (nSPS) is 11.1. The van der Waals surface area contributed by atoms with E-state index in [0.717, 1.165) is 22.5 Å². The third-order valence-corrected chi connectivity index (χ3v) is 5.05. The summed E-state index contributed by atoms with van der Waals surface area (Å²) in [6.07, 6.45) is 1.86. The van der Waals surface area contributed by atoms with Crippen LogP contribution in [0.2, 0.25) is 0 Å². The molecule has 0 radical (unpaired) electrons. The van der Waals surface area contributed by atoms with Crippen molar-refractivity contribution in [1.82, 2.24) is 14.3 Å². The number of benzene rings is 3. The number of nitro benzene ring substituents is 1. The highest BCUT2D eigenvalue weighted by atomic mass is 16.6. The van der Waals surface area contributed by atoms with Crippen LogP contribution >= 0.6 is 0 Å². The van der Waals surface area contributed by atoms with Crippen LogP contribution in [-0.4, -0.2) is 19.3 Å². The van der Waals surface area contributed by atoms with Gasteiger partial charge >= 0.3 is 5.76 Å². The van der Waals surface area contributed by atoms with Crippen LogP contribution in [0.15, 0.2) is 94.3 Å². The molecule has 0 fully saturated rings. The second-order valence-electron chi connectivity index (χ2n) is 7.01. The summed E-state index contributed by atoms with van der Waals surface area (Å²) >= 11 is 0. The zero-order chi connectivity index (χ0) is 21.4. The van der Waals surface area contributed by atoms with Crippen LogP contribution < -0.4 is 5.76 Å². The Balaban J connectivity index is 1.66. The lowest BCUT2D eigenvalue weighted by molar-refractivity contribution is -0.384. The van der Waals surface area contributed by atoms with Crippen LogP contribution in [-0.2, 0) is 6.54 Å². The number of nitro groups is 1. The molecule has 2 aromatic heterocycles.